The van der Waals surface area contributed by atoms with Crippen LogP contribution in [-0.2, 0) is 28.6 Å². The van der Waals surface area contributed by atoms with Crippen LogP contribution in [0.1, 0.15) is 284 Å². The predicted octanol–water partition coefficient (Wildman–Crippen LogP) is 15.3. The van der Waals surface area contributed by atoms with Crippen LogP contribution in [-0.4, -0.2) is 75.5 Å². The predicted molar refractivity (Wildman–Crippen MR) is 273 cm³/mol. The summed E-state index contributed by atoms with van der Waals surface area (Å²) in [5.74, 6) is -1.71. The number of nitrogens with zero attached hydrogens (tertiary/aromatic N) is 1. The zero-order chi connectivity index (χ0) is 47.7. The minimum Gasteiger partial charge on any atom is -0.544 e. The molecule has 8 heteroatoms. The first-order chi connectivity index (χ1) is 31.6. The van der Waals surface area contributed by atoms with Crippen LogP contribution in [0.4, 0.5) is 0 Å². The van der Waals surface area contributed by atoms with Gasteiger partial charge in [-0.2, -0.15) is 0 Å². The molecule has 0 radical (unpaired) electrons. The van der Waals surface area contributed by atoms with Crippen molar-refractivity contribution in [1.29, 1.82) is 0 Å². The standard InChI is InChI=1S/C57H109NO7/c1-6-8-10-12-14-16-18-20-22-24-26-27-28-29-30-32-33-35-37-39-41-43-45-47-55(59)64-52-53(51-63-50-49-54(57(61)62)58(3,4)5)65-56(60)48-46-44-42-40-38-36-34-31-25-23-21-19-17-15-13-11-9-7-2/h23,25,53-54H,6-22,24,26-52H2,1-5H3/b25-23-. The second kappa shape index (κ2) is 48.5. The SMILES string of the molecule is CCCCCCCCC/C=C\CCCCCCCCCC(=O)OC(COCCC(C(=O)[O-])[N+](C)(C)C)COC(=O)CCCCCCCCCCCCCCCCCCCCCCCCC. The van der Waals surface area contributed by atoms with Gasteiger partial charge in [-0.1, -0.05) is 238 Å². The third-order valence-corrected chi connectivity index (χ3v) is 13.2. The van der Waals surface area contributed by atoms with E-state index in [2.05, 4.69) is 26.0 Å². The minimum absolute atomic E-state index is 0.0453. The zero-order valence-corrected chi connectivity index (χ0v) is 43.9. The van der Waals surface area contributed by atoms with Gasteiger partial charge >= 0.3 is 11.9 Å². The monoisotopic (exact) mass is 920 g/mol. The lowest BCUT2D eigenvalue weighted by atomic mass is 10.0. The van der Waals surface area contributed by atoms with Gasteiger partial charge in [-0.05, 0) is 38.5 Å². The first-order valence-electron chi connectivity index (χ1n) is 28.2. The van der Waals surface area contributed by atoms with Crippen molar-refractivity contribution in [1.82, 2.24) is 0 Å². The first kappa shape index (κ1) is 63.1. The molecule has 2 atom stereocenters. The Balaban J connectivity index is 4.13. The second-order valence-electron chi connectivity index (χ2n) is 20.5. The summed E-state index contributed by atoms with van der Waals surface area (Å²) in [5.41, 5.74) is 0. The minimum atomic E-state index is -1.12. The van der Waals surface area contributed by atoms with Crippen molar-refractivity contribution in [2.45, 2.75) is 296 Å². The fourth-order valence-electron chi connectivity index (χ4n) is 8.78. The van der Waals surface area contributed by atoms with Crippen molar-refractivity contribution >= 4 is 17.9 Å². The summed E-state index contributed by atoms with van der Waals surface area (Å²) in [6.45, 7) is 4.72. The number of allylic oxidation sites excluding steroid dienone is 2. The summed E-state index contributed by atoms with van der Waals surface area (Å²) < 4.78 is 17.3. The summed E-state index contributed by atoms with van der Waals surface area (Å²) in [4.78, 5) is 37.1. The number of aliphatic carboxylic acids is 1. The van der Waals surface area contributed by atoms with Gasteiger partial charge in [0, 0.05) is 19.3 Å². The van der Waals surface area contributed by atoms with Gasteiger partial charge in [-0.15, -0.1) is 0 Å². The first-order valence-corrected chi connectivity index (χ1v) is 28.2. The Labute approximate surface area is 403 Å². The molecule has 0 aromatic carbocycles. The van der Waals surface area contributed by atoms with E-state index in [9.17, 15) is 19.5 Å². The third-order valence-electron chi connectivity index (χ3n) is 13.2. The Bertz CT molecular complexity index is 1070. The van der Waals surface area contributed by atoms with E-state index in [1.54, 1.807) is 0 Å². The maximum atomic E-state index is 12.8. The molecule has 8 nitrogen and oxygen atoms in total. The van der Waals surface area contributed by atoms with Crippen LogP contribution in [0.15, 0.2) is 12.2 Å². The van der Waals surface area contributed by atoms with Crippen LogP contribution in [0, 0.1) is 0 Å². The van der Waals surface area contributed by atoms with Crippen LogP contribution >= 0.6 is 0 Å². The van der Waals surface area contributed by atoms with Crippen molar-refractivity contribution in [3.63, 3.8) is 0 Å². The summed E-state index contributed by atoms with van der Waals surface area (Å²) in [6.07, 6.45) is 55.4. The van der Waals surface area contributed by atoms with Gasteiger partial charge in [-0.3, -0.25) is 9.59 Å². The Morgan fingerprint density at radius 2 is 0.769 bits per heavy atom. The highest BCUT2D eigenvalue weighted by Crippen LogP contribution is 2.17. The van der Waals surface area contributed by atoms with Gasteiger partial charge in [0.15, 0.2) is 6.10 Å². The smallest absolute Gasteiger partial charge is 0.306 e. The highest BCUT2D eigenvalue weighted by molar-refractivity contribution is 5.70. The third kappa shape index (κ3) is 46.9. The zero-order valence-electron chi connectivity index (χ0n) is 43.9. The molecule has 0 spiro atoms. The van der Waals surface area contributed by atoms with E-state index in [0.717, 1.165) is 38.5 Å². The van der Waals surface area contributed by atoms with E-state index in [0.29, 0.717) is 12.8 Å². The largest absolute Gasteiger partial charge is 0.544 e. The number of esters is 2. The highest BCUT2D eigenvalue weighted by Gasteiger charge is 2.25. The van der Waals surface area contributed by atoms with Gasteiger partial charge in [0.25, 0.3) is 0 Å². The summed E-state index contributed by atoms with van der Waals surface area (Å²) in [5, 5.41) is 11.7. The van der Waals surface area contributed by atoms with Gasteiger partial charge in [0.05, 0.1) is 40.3 Å². The fraction of sp³-hybridized carbons (Fsp3) is 0.912. The molecule has 0 amide bonds. The Kier molecular flexibility index (Phi) is 47.1. The lowest BCUT2D eigenvalue weighted by molar-refractivity contribution is -0.889. The molecular formula is C57H109NO7. The van der Waals surface area contributed by atoms with Crippen molar-refractivity contribution in [2.75, 3.05) is 41.0 Å². The summed E-state index contributed by atoms with van der Waals surface area (Å²) in [7, 11) is 5.43. The number of carbonyl (C=O) groups excluding carboxylic acids is 3. The number of hydrogen-bond donors (Lipinski definition) is 0. The average Bonchev–Trinajstić information content (AvgIpc) is 3.27. The lowest BCUT2D eigenvalue weighted by Gasteiger charge is -2.34. The van der Waals surface area contributed by atoms with E-state index in [1.165, 1.54) is 212 Å². The number of carboxylic acids is 1. The van der Waals surface area contributed by atoms with E-state index in [-0.39, 0.29) is 42.7 Å². The molecule has 0 aromatic rings. The molecule has 0 aliphatic carbocycles. The maximum Gasteiger partial charge on any atom is 0.306 e. The van der Waals surface area contributed by atoms with Crippen molar-refractivity contribution < 1.29 is 38.2 Å². The molecule has 0 aromatic heterocycles. The molecule has 0 fully saturated rings. The molecule has 0 aliphatic rings. The molecule has 0 aliphatic heterocycles. The van der Waals surface area contributed by atoms with Gasteiger partial charge < -0.3 is 28.6 Å². The van der Waals surface area contributed by atoms with Crippen LogP contribution in [0.5, 0.6) is 0 Å². The maximum absolute atomic E-state index is 12.8. The molecule has 0 saturated carbocycles. The molecule has 65 heavy (non-hydrogen) atoms. The number of rotatable bonds is 52. The Morgan fingerprint density at radius 1 is 0.446 bits per heavy atom. The molecule has 0 N–H and O–H groups in total. The lowest BCUT2D eigenvalue weighted by Crippen LogP contribution is -2.55. The molecule has 2 unspecified atom stereocenters. The normalized spacial score (nSPS) is 12.8. The number of carbonyl (C=O) groups is 3. The summed E-state index contributed by atoms with van der Waals surface area (Å²) in [6, 6.07) is -0.723. The van der Waals surface area contributed by atoms with E-state index >= 15 is 0 Å². The van der Waals surface area contributed by atoms with Gasteiger partial charge in [-0.25, -0.2) is 0 Å². The molecule has 0 saturated heterocycles. The van der Waals surface area contributed by atoms with Crippen LogP contribution < -0.4 is 5.11 Å². The Morgan fingerprint density at radius 3 is 1.11 bits per heavy atom. The second-order valence-corrected chi connectivity index (χ2v) is 20.5. The van der Waals surface area contributed by atoms with Gasteiger partial charge in [0.2, 0.25) is 0 Å². The van der Waals surface area contributed by atoms with E-state index < -0.39 is 18.1 Å². The van der Waals surface area contributed by atoms with Crippen LogP contribution in [0.2, 0.25) is 0 Å². The highest BCUT2D eigenvalue weighted by atomic mass is 16.6. The van der Waals surface area contributed by atoms with Crippen molar-refractivity contribution in [2.24, 2.45) is 0 Å². The topological polar surface area (TPSA) is 102 Å². The number of unbranched alkanes of at least 4 members (excludes halogenated alkanes) is 36. The molecule has 384 valence electrons. The number of quaternary nitrogens is 1. The summed E-state index contributed by atoms with van der Waals surface area (Å²) >= 11 is 0. The van der Waals surface area contributed by atoms with Crippen LogP contribution in [0.25, 0.3) is 0 Å². The Hall–Kier alpha value is -1.93. The van der Waals surface area contributed by atoms with E-state index in [1.807, 2.05) is 21.1 Å². The van der Waals surface area contributed by atoms with Crippen molar-refractivity contribution in [3.8, 4) is 0 Å². The quantitative estimate of drug-likeness (QED) is 0.0259. The molecule has 0 heterocycles. The van der Waals surface area contributed by atoms with Crippen LogP contribution in [0.3, 0.4) is 0 Å². The number of hydrogen-bond acceptors (Lipinski definition) is 7. The molecule has 0 rings (SSSR count). The van der Waals surface area contributed by atoms with Crippen molar-refractivity contribution in [3.05, 3.63) is 12.2 Å². The number of likely N-dealkylation sites (N-methyl/N-ethyl adjacent to an activating group) is 1. The number of ether oxygens (including phenoxy) is 3. The van der Waals surface area contributed by atoms with Gasteiger partial charge in [0.1, 0.15) is 12.6 Å². The molecular weight excluding hydrogens is 811 g/mol. The average molecular weight is 920 g/mol. The fourth-order valence-corrected chi connectivity index (χ4v) is 8.78. The number of carboxylic acid groups (broad SMARTS) is 1. The molecule has 0 bridgehead atoms. The van der Waals surface area contributed by atoms with E-state index in [4.69, 9.17) is 14.2 Å².